The van der Waals surface area contributed by atoms with Gasteiger partial charge >= 0.3 is 17.9 Å². The smallest absolute Gasteiger partial charge is 0.308 e. The third-order valence-corrected chi connectivity index (χ3v) is 10.7. The number of ether oxygens (including phenoxy) is 3. The zero-order chi connectivity index (χ0) is 27.2. The van der Waals surface area contributed by atoms with Gasteiger partial charge in [0.2, 0.25) is 0 Å². The van der Waals surface area contributed by atoms with Crippen LogP contribution in [0.25, 0.3) is 0 Å². The molecule has 0 amide bonds. The molecule has 4 fully saturated rings. The molecule has 2 saturated heterocycles. The molecule has 0 spiro atoms. The lowest BCUT2D eigenvalue weighted by Crippen LogP contribution is -2.69. The minimum atomic E-state index is -0.836. The molecule has 2 bridgehead atoms. The number of fused-ring (bicyclic) bond motifs is 8. The maximum absolute atomic E-state index is 14.3. The Balaban J connectivity index is 1.50. The fourth-order valence-electron chi connectivity index (χ4n) is 8.62. The lowest BCUT2D eigenvalue weighted by atomic mass is 9.40. The predicted octanol–water partition coefficient (Wildman–Crippen LogP) is 4.58. The molecule has 8 nitrogen and oxygen atoms in total. The summed E-state index contributed by atoms with van der Waals surface area (Å²) in [7, 11) is 0. The minimum Gasteiger partial charge on any atom is -0.472 e. The molecule has 6 rings (SSSR count). The highest BCUT2D eigenvalue weighted by Crippen LogP contribution is 2.68. The van der Waals surface area contributed by atoms with E-state index in [1.807, 2.05) is 26.0 Å². The van der Waals surface area contributed by atoms with Gasteiger partial charge in [-0.3, -0.25) is 19.2 Å². The van der Waals surface area contributed by atoms with Crippen LogP contribution in [0.2, 0.25) is 0 Å². The van der Waals surface area contributed by atoms with Crippen molar-refractivity contribution in [2.45, 2.75) is 72.5 Å². The van der Waals surface area contributed by atoms with Gasteiger partial charge in [-0.1, -0.05) is 46.3 Å². The summed E-state index contributed by atoms with van der Waals surface area (Å²) in [5, 5.41) is 0. The molecule has 5 aliphatic rings. The van der Waals surface area contributed by atoms with Crippen molar-refractivity contribution in [2.75, 3.05) is 6.61 Å². The molecule has 0 N–H and O–H groups in total. The van der Waals surface area contributed by atoms with Crippen molar-refractivity contribution < 1.29 is 37.8 Å². The third kappa shape index (κ3) is 3.27. The van der Waals surface area contributed by atoms with Gasteiger partial charge in [0, 0.05) is 21.8 Å². The Morgan fingerprint density at radius 1 is 1.05 bits per heavy atom. The van der Waals surface area contributed by atoms with Crippen LogP contribution in [0.1, 0.15) is 72.0 Å². The fourth-order valence-corrected chi connectivity index (χ4v) is 8.62. The summed E-state index contributed by atoms with van der Waals surface area (Å²) in [5.74, 6) is -2.58. The normalized spacial score (nSPS) is 43.7. The number of cyclic esters (lactones) is 2. The number of rotatable bonds is 3. The zero-order valence-electron chi connectivity index (χ0n) is 22.7. The number of carbonyl (C=O) groups excluding carboxylic acids is 4. The molecule has 0 unspecified atom stereocenters. The molecular formula is C30H36O8. The fraction of sp³-hybridized carbons (Fsp3) is 0.667. The predicted molar refractivity (Wildman–Crippen MR) is 133 cm³/mol. The Bertz CT molecular complexity index is 1230. The van der Waals surface area contributed by atoms with Crippen molar-refractivity contribution in [2.24, 2.45) is 45.8 Å². The van der Waals surface area contributed by atoms with E-state index >= 15 is 0 Å². The zero-order valence-corrected chi connectivity index (χ0v) is 22.7. The SMILES string of the molecule is CC(C)C(=O)O[C@@H]1[C@H]2C=C3[C@@H]4CC(=O)O[C@@H](c5ccoc5)[C@]4(C)CC[C@@H]3[C@@](C)(C2=O)[C@H]2CC(=O)OC[C@]12C. The van der Waals surface area contributed by atoms with Crippen molar-refractivity contribution in [1.82, 2.24) is 0 Å². The van der Waals surface area contributed by atoms with Crippen molar-refractivity contribution >= 4 is 23.7 Å². The summed E-state index contributed by atoms with van der Waals surface area (Å²) < 4.78 is 22.9. The minimum absolute atomic E-state index is 0.0263. The van der Waals surface area contributed by atoms with Gasteiger partial charge in [-0.15, -0.1) is 0 Å². The first-order valence-corrected chi connectivity index (χ1v) is 13.7. The number of hydrogen-bond donors (Lipinski definition) is 0. The average molecular weight is 525 g/mol. The topological polar surface area (TPSA) is 109 Å². The lowest BCUT2D eigenvalue weighted by molar-refractivity contribution is -0.219. The van der Waals surface area contributed by atoms with Crippen LogP contribution < -0.4 is 0 Å². The largest absolute Gasteiger partial charge is 0.472 e. The summed E-state index contributed by atoms with van der Waals surface area (Å²) in [6.45, 7) is 9.80. The first kappa shape index (κ1) is 25.4. The van der Waals surface area contributed by atoms with Gasteiger partial charge in [-0.2, -0.15) is 0 Å². The van der Waals surface area contributed by atoms with E-state index in [0.29, 0.717) is 0 Å². The Morgan fingerprint density at radius 2 is 1.82 bits per heavy atom. The third-order valence-electron chi connectivity index (χ3n) is 10.7. The highest BCUT2D eigenvalue weighted by atomic mass is 16.6. The van der Waals surface area contributed by atoms with Crippen LogP contribution in [0.3, 0.4) is 0 Å². The number of hydrogen-bond acceptors (Lipinski definition) is 8. The molecule has 38 heavy (non-hydrogen) atoms. The molecule has 3 aliphatic carbocycles. The lowest BCUT2D eigenvalue weighted by Gasteiger charge is -2.65. The van der Waals surface area contributed by atoms with Gasteiger partial charge in [-0.05, 0) is 36.7 Å². The second-order valence-corrected chi connectivity index (χ2v) is 13.1. The van der Waals surface area contributed by atoms with E-state index in [2.05, 4.69) is 6.92 Å². The monoisotopic (exact) mass is 524 g/mol. The van der Waals surface area contributed by atoms with Crippen LogP contribution in [0, 0.1) is 45.8 Å². The number of carbonyl (C=O) groups is 4. The quantitative estimate of drug-likeness (QED) is 0.321. The first-order valence-electron chi connectivity index (χ1n) is 13.7. The Labute approximate surface area is 222 Å². The summed E-state index contributed by atoms with van der Waals surface area (Å²) >= 11 is 0. The van der Waals surface area contributed by atoms with Crippen LogP contribution in [0.5, 0.6) is 0 Å². The van der Waals surface area contributed by atoms with Crippen molar-refractivity contribution in [3.8, 4) is 0 Å². The second-order valence-electron chi connectivity index (χ2n) is 13.1. The standard InChI is InChI=1S/C30H36O8/c1-15(2)27(34)38-26-18-10-17-19(30(5,24(18)33)21-12-22(31)36-14-29(21,26)4)6-8-28(3)20(17)11-23(32)37-25(28)16-7-9-35-13-16/h7,9-10,13,15,18-21,25-26H,6,8,11-12,14H2,1-5H3/t18-,19-,20-,21-,25-,26+,28+,29-,30+/m0/s1. The summed E-state index contributed by atoms with van der Waals surface area (Å²) in [4.78, 5) is 52.8. The van der Waals surface area contributed by atoms with Crippen LogP contribution in [-0.2, 0) is 33.4 Å². The van der Waals surface area contributed by atoms with Gasteiger partial charge in [0.25, 0.3) is 0 Å². The molecule has 2 saturated carbocycles. The van der Waals surface area contributed by atoms with E-state index in [-0.39, 0.29) is 72.2 Å². The number of ketones is 1. The number of Topliss-reactive ketones (excluding diaryl/α,β-unsaturated/α-hetero) is 1. The average Bonchev–Trinajstić information content (AvgIpc) is 3.40. The molecule has 2 aliphatic heterocycles. The van der Waals surface area contributed by atoms with Gasteiger partial charge < -0.3 is 18.6 Å². The highest BCUT2D eigenvalue weighted by Gasteiger charge is 2.71. The van der Waals surface area contributed by atoms with E-state index < -0.39 is 29.0 Å². The maximum atomic E-state index is 14.3. The van der Waals surface area contributed by atoms with Crippen molar-refractivity contribution in [3.63, 3.8) is 0 Å². The van der Waals surface area contributed by atoms with E-state index in [4.69, 9.17) is 18.6 Å². The first-order chi connectivity index (χ1) is 17.9. The molecule has 204 valence electrons. The molecular weight excluding hydrogens is 488 g/mol. The Morgan fingerprint density at radius 3 is 2.50 bits per heavy atom. The Kier molecular flexibility index (Phi) is 5.54. The maximum Gasteiger partial charge on any atom is 0.308 e. The van der Waals surface area contributed by atoms with Crippen LogP contribution >= 0.6 is 0 Å². The summed E-state index contributed by atoms with van der Waals surface area (Å²) in [6, 6.07) is 1.84. The second kappa shape index (κ2) is 8.30. The van der Waals surface area contributed by atoms with Gasteiger partial charge in [0.15, 0.2) is 0 Å². The Hall–Kier alpha value is -2.90. The molecule has 0 aromatic carbocycles. The van der Waals surface area contributed by atoms with E-state index in [1.165, 1.54) is 0 Å². The molecule has 1 aromatic heterocycles. The number of allylic oxidation sites excluding steroid dienone is 1. The summed E-state index contributed by atoms with van der Waals surface area (Å²) in [5.41, 5.74) is -0.0159. The van der Waals surface area contributed by atoms with Gasteiger partial charge in [-0.25, -0.2) is 0 Å². The van der Waals surface area contributed by atoms with Crippen LogP contribution in [-0.4, -0.2) is 36.4 Å². The number of furan rings is 1. The molecule has 9 atom stereocenters. The van der Waals surface area contributed by atoms with E-state index in [0.717, 1.165) is 24.0 Å². The molecule has 0 radical (unpaired) electrons. The van der Waals surface area contributed by atoms with Gasteiger partial charge in [0.05, 0.1) is 37.2 Å². The number of esters is 3. The van der Waals surface area contributed by atoms with Crippen molar-refractivity contribution in [1.29, 1.82) is 0 Å². The van der Waals surface area contributed by atoms with Crippen LogP contribution in [0.15, 0.2) is 34.7 Å². The summed E-state index contributed by atoms with van der Waals surface area (Å²) in [6.07, 6.45) is 5.85. The van der Waals surface area contributed by atoms with Gasteiger partial charge in [0.1, 0.15) is 24.6 Å². The van der Waals surface area contributed by atoms with E-state index in [9.17, 15) is 19.2 Å². The molecule has 3 heterocycles. The van der Waals surface area contributed by atoms with Crippen LogP contribution in [0.4, 0.5) is 0 Å². The van der Waals surface area contributed by atoms with Crippen molar-refractivity contribution in [3.05, 3.63) is 35.8 Å². The molecule has 1 aromatic rings. The molecule has 8 heteroatoms. The highest BCUT2D eigenvalue weighted by molar-refractivity contribution is 5.94. The van der Waals surface area contributed by atoms with E-state index in [1.54, 1.807) is 26.4 Å².